The number of aryl methyl sites for hydroxylation is 3. The summed E-state index contributed by atoms with van der Waals surface area (Å²) in [6.45, 7) is 5.57. The number of aromatic nitrogens is 4. The molecule has 1 aliphatic heterocycles. The summed E-state index contributed by atoms with van der Waals surface area (Å²) in [4.78, 5) is 38.4. The molecule has 0 amide bonds. The Hall–Kier alpha value is -3.82. The molecule has 2 aromatic heterocycles. The van der Waals surface area contributed by atoms with Gasteiger partial charge in [0.15, 0.2) is 5.65 Å². The van der Waals surface area contributed by atoms with E-state index in [1.165, 1.54) is 0 Å². The van der Waals surface area contributed by atoms with Gasteiger partial charge in [-0.3, -0.25) is 4.57 Å². The molecule has 37 heavy (non-hydrogen) atoms. The van der Waals surface area contributed by atoms with Crippen molar-refractivity contribution in [2.45, 2.75) is 45.6 Å². The van der Waals surface area contributed by atoms with Gasteiger partial charge >= 0.3 is 11.9 Å². The Bertz CT molecular complexity index is 1450. The highest BCUT2D eigenvalue weighted by atomic mass is 35.5. The maximum Gasteiger partial charge on any atom is 0.338 e. The molecule has 0 saturated carbocycles. The smallest absolute Gasteiger partial charge is 0.338 e. The third-order valence-electron chi connectivity index (χ3n) is 6.27. The van der Waals surface area contributed by atoms with E-state index in [4.69, 9.17) is 25.8 Å². The number of carbonyl (C=O) groups excluding carboxylic acids is 2. The molecule has 0 bridgehead atoms. The minimum atomic E-state index is -0.704. The SMILES string of the molecule is Cc1ccc(C(=O)OC[C@H]2O[C@@H](n3cnc4c(C)nc(Cl)nc43)C[C@@H]2OC(=O)c2ccc(C)cc2)cc1. The summed E-state index contributed by atoms with van der Waals surface area (Å²) < 4.78 is 19.4. The summed E-state index contributed by atoms with van der Waals surface area (Å²) in [5.74, 6) is -0.972. The molecule has 5 rings (SSSR count). The monoisotopic (exact) mass is 520 g/mol. The number of ether oxygens (including phenoxy) is 3. The van der Waals surface area contributed by atoms with Gasteiger partial charge in [0.05, 0.1) is 23.1 Å². The molecule has 3 atom stereocenters. The fourth-order valence-corrected chi connectivity index (χ4v) is 4.41. The molecule has 0 N–H and O–H groups in total. The molecule has 9 nitrogen and oxygen atoms in total. The highest BCUT2D eigenvalue weighted by Crippen LogP contribution is 2.34. The van der Waals surface area contributed by atoms with Gasteiger partial charge in [-0.15, -0.1) is 0 Å². The fourth-order valence-electron chi connectivity index (χ4n) is 4.21. The van der Waals surface area contributed by atoms with Gasteiger partial charge in [0.1, 0.15) is 30.6 Å². The molecular weight excluding hydrogens is 496 g/mol. The van der Waals surface area contributed by atoms with Crippen LogP contribution in [0.1, 0.15) is 50.2 Å². The zero-order valence-electron chi connectivity index (χ0n) is 20.6. The second kappa shape index (κ2) is 10.3. The Morgan fingerprint density at radius 2 is 1.59 bits per heavy atom. The summed E-state index contributed by atoms with van der Waals surface area (Å²) in [7, 11) is 0. The minimum Gasteiger partial charge on any atom is -0.459 e. The first-order valence-electron chi connectivity index (χ1n) is 11.8. The number of carbonyl (C=O) groups is 2. The van der Waals surface area contributed by atoms with E-state index < -0.39 is 30.4 Å². The van der Waals surface area contributed by atoms with Crippen molar-refractivity contribution in [3.63, 3.8) is 0 Å². The number of halogens is 1. The number of imidazole rings is 1. The first-order chi connectivity index (χ1) is 17.8. The zero-order chi connectivity index (χ0) is 26.1. The van der Waals surface area contributed by atoms with E-state index in [9.17, 15) is 9.59 Å². The van der Waals surface area contributed by atoms with E-state index in [1.807, 2.05) is 38.1 Å². The van der Waals surface area contributed by atoms with Gasteiger partial charge < -0.3 is 14.2 Å². The lowest BCUT2D eigenvalue weighted by atomic mass is 10.1. The number of nitrogens with zero attached hydrogens (tertiary/aromatic N) is 4. The molecule has 0 unspecified atom stereocenters. The standard InChI is InChI=1S/C27H25ClN4O5/c1-15-4-8-18(9-5-15)25(33)35-13-21-20(37-26(34)19-10-6-16(2)7-11-19)12-22(36-21)32-14-29-23-17(3)30-27(28)31-24(23)32/h4-11,14,20-22H,12-13H2,1-3H3/t20-,21+,22+/m0/s1. The number of hydrogen-bond acceptors (Lipinski definition) is 8. The number of hydrogen-bond donors (Lipinski definition) is 0. The highest BCUT2D eigenvalue weighted by Gasteiger charge is 2.40. The molecular formula is C27H25ClN4O5. The van der Waals surface area contributed by atoms with Crippen molar-refractivity contribution in [1.29, 1.82) is 0 Å². The topological polar surface area (TPSA) is 105 Å². The predicted octanol–water partition coefficient (Wildman–Crippen LogP) is 4.78. The van der Waals surface area contributed by atoms with Gasteiger partial charge in [-0.25, -0.2) is 19.6 Å². The van der Waals surface area contributed by atoms with Crippen molar-refractivity contribution in [3.05, 3.63) is 88.1 Å². The molecule has 190 valence electrons. The van der Waals surface area contributed by atoms with Crippen molar-refractivity contribution in [2.24, 2.45) is 0 Å². The van der Waals surface area contributed by atoms with E-state index in [2.05, 4.69) is 15.0 Å². The van der Waals surface area contributed by atoms with Crippen molar-refractivity contribution < 1.29 is 23.8 Å². The maximum absolute atomic E-state index is 12.9. The van der Waals surface area contributed by atoms with E-state index in [-0.39, 0.29) is 11.9 Å². The largest absolute Gasteiger partial charge is 0.459 e. The zero-order valence-corrected chi connectivity index (χ0v) is 21.3. The molecule has 1 aliphatic rings. The van der Waals surface area contributed by atoms with Crippen LogP contribution in [0.25, 0.3) is 11.2 Å². The molecule has 1 fully saturated rings. The van der Waals surface area contributed by atoms with Crippen LogP contribution in [-0.2, 0) is 14.2 Å². The maximum atomic E-state index is 12.9. The quantitative estimate of drug-likeness (QED) is 0.264. The van der Waals surface area contributed by atoms with Crippen molar-refractivity contribution >= 4 is 34.7 Å². The van der Waals surface area contributed by atoms with Crippen LogP contribution in [-0.4, -0.2) is 50.3 Å². The summed E-state index contributed by atoms with van der Waals surface area (Å²) in [6, 6.07) is 14.2. The molecule has 3 heterocycles. The van der Waals surface area contributed by atoms with Crippen LogP contribution >= 0.6 is 11.6 Å². The van der Waals surface area contributed by atoms with Crippen LogP contribution in [0.15, 0.2) is 54.9 Å². The first kappa shape index (κ1) is 24.9. The van der Waals surface area contributed by atoms with E-state index in [0.29, 0.717) is 34.4 Å². The van der Waals surface area contributed by atoms with Gasteiger partial charge in [-0.2, -0.15) is 4.98 Å². The number of benzene rings is 2. The molecule has 0 aliphatic carbocycles. The Kier molecular flexibility index (Phi) is 6.90. The first-order valence-corrected chi connectivity index (χ1v) is 12.2. The number of esters is 2. The van der Waals surface area contributed by atoms with Crippen LogP contribution in [0.3, 0.4) is 0 Å². The van der Waals surface area contributed by atoms with Gasteiger partial charge in [0.25, 0.3) is 0 Å². The molecule has 1 saturated heterocycles. The molecule has 0 spiro atoms. The lowest BCUT2D eigenvalue weighted by Gasteiger charge is -2.19. The third-order valence-corrected chi connectivity index (χ3v) is 6.44. The molecule has 2 aromatic carbocycles. The number of fused-ring (bicyclic) bond motifs is 1. The summed E-state index contributed by atoms with van der Waals surface area (Å²) >= 11 is 6.09. The minimum absolute atomic E-state index is 0.0932. The second-order valence-corrected chi connectivity index (χ2v) is 9.38. The second-order valence-electron chi connectivity index (χ2n) is 9.04. The van der Waals surface area contributed by atoms with E-state index in [0.717, 1.165) is 11.1 Å². The predicted molar refractivity (Wildman–Crippen MR) is 135 cm³/mol. The average Bonchev–Trinajstić information content (AvgIpc) is 3.47. The highest BCUT2D eigenvalue weighted by molar-refractivity contribution is 6.28. The third kappa shape index (κ3) is 5.33. The molecule has 0 radical (unpaired) electrons. The van der Waals surface area contributed by atoms with Crippen molar-refractivity contribution in [1.82, 2.24) is 19.5 Å². The molecule has 4 aromatic rings. The van der Waals surface area contributed by atoms with Crippen LogP contribution < -0.4 is 0 Å². The van der Waals surface area contributed by atoms with Crippen molar-refractivity contribution in [3.8, 4) is 0 Å². The van der Waals surface area contributed by atoms with Crippen LogP contribution in [0, 0.1) is 20.8 Å². The van der Waals surface area contributed by atoms with E-state index >= 15 is 0 Å². The van der Waals surface area contributed by atoms with Crippen LogP contribution in [0.5, 0.6) is 0 Å². The fraction of sp³-hybridized carbons (Fsp3) is 0.296. The number of rotatable bonds is 6. The van der Waals surface area contributed by atoms with Gasteiger partial charge in [0, 0.05) is 6.42 Å². The Morgan fingerprint density at radius 3 is 2.24 bits per heavy atom. The summed E-state index contributed by atoms with van der Waals surface area (Å²) in [6.07, 6.45) is -0.0667. The van der Waals surface area contributed by atoms with E-state index in [1.54, 1.807) is 42.1 Å². The normalized spacial score (nSPS) is 19.2. The van der Waals surface area contributed by atoms with Gasteiger partial charge in [0.2, 0.25) is 5.28 Å². The van der Waals surface area contributed by atoms with Crippen LogP contribution in [0.2, 0.25) is 5.28 Å². The molecule has 10 heteroatoms. The Labute approximate surface area is 218 Å². The van der Waals surface area contributed by atoms with Gasteiger partial charge in [-0.1, -0.05) is 35.4 Å². The summed E-state index contributed by atoms with van der Waals surface area (Å²) in [5, 5.41) is 0.0932. The lowest BCUT2D eigenvalue weighted by molar-refractivity contribution is -0.0563. The average molecular weight is 521 g/mol. The summed E-state index contributed by atoms with van der Waals surface area (Å²) in [5.41, 5.74) is 4.65. The van der Waals surface area contributed by atoms with Gasteiger partial charge in [-0.05, 0) is 56.6 Å². The lowest BCUT2D eigenvalue weighted by Crippen LogP contribution is -2.32. The Morgan fingerprint density at radius 1 is 0.973 bits per heavy atom. The van der Waals surface area contributed by atoms with Crippen LogP contribution in [0.4, 0.5) is 0 Å². The van der Waals surface area contributed by atoms with Crippen molar-refractivity contribution in [2.75, 3.05) is 6.61 Å². The Balaban J connectivity index is 1.37.